The van der Waals surface area contributed by atoms with E-state index in [2.05, 4.69) is 25.5 Å². The van der Waals surface area contributed by atoms with Gasteiger partial charge >= 0.3 is 6.01 Å². The number of ether oxygens (including phenoxy) is 3. The summed E-state index contributed by atoms with van der Waals surface area (Å²) in [6, 6.07) is 12.1. The Labute approximate surface area is 167 Å². The predicted octanol–water partition coefficient (Wildman–Crippen LogP) is 2.75. The largest absolute Gasteiger partial charge is 0.481 e. The third-order valence-corrected chi connectivity index (χ3v) is 3.82. The highest BCUT2D eigenvalue weighted by Gasteiger charge is 2.12. The lowest BCUT2D eigenvalue weighted by Gasteiger charge is -2.11. The van der Waals surface area contributed by atoms with Crippen LogP contribution in [-0.2, 0) is 0 Å². The van der Waals surface area contributed by atoms with Crippen molar-refractivity contribution in [3.05, 3.63) is 65.5 Å². The second-order valence-corrected chi connectivity index (χ2v) is 5.74. The van der Waals surface area contributed by atoms with Crippen molar-refractivity contribution in [2.45, 2.75) is 6.92 Å². The molecule has 3 rings (SSSR count). The smallest absolute Gasteiger partial charge is 0.328 e. The van der Waals surface area contributed by atoms with Crippen LogP contribution >= 0.6 is 0 Å². The first-order valence-corrected chi connectivity index (χ1v) is 8.59. The summed E-state index contributed by atoms with van der Waals surface area (Å²) >= 11 is 0. The van der Waals surface area contributed by atoms with E-state index in [1.807, 2.05) is 19.1 Å². The molecule has 0 radical (unpaired) electrons. The van der Waals surface area contributed by atoms with Gasteiger partial charge in [0.25, 0.3) is 5.91 Å². The van der Waals surface area contributed by atoms with Crippen LogP contribution in [0.5, 0.6) is 23.5 Å². The fraction of sp³-hybridized carbons (Fsp3) is 0.150. The van der Waals surface area contributed by atoms with E-state index in [4.69, 9.17) is 14.2 Å². The van der Waals surface area contributed by atoms with Crippen molar-refractivity contribution in [3.8, 4) is 23.5 Å². The Kier molecular flexibility index (Phi) is 6.31. The Morgan fingerprint density at radius 1 is 1.07 bits per heavy atom. The summed E-state index contributed by atoms with van der Waals surface area (Å²) < 4.78 is 16.1. The molecule has 9 nitrogen and oxygen atoms in total. The van der Waals surface area contributed by atoms with Gasteiger partial charge in [0.2, 0.25) is 11.8 Å². The summed E-state index contributed by atoms with van der Waals surface area (Å²) in [4.78, 5) is 24.4. The second-order valence-electron chi connectivity index (χ2n) is 5.74. The quantitative estimate of drug-likeness (QED) is 0.486. The number of aryl methyl sites for hydroxylation is 1. The molecule has 0 spiro atoms. The Balaban J connectivity index is 1.81. The van der Waals surface area contributed by atoms with Gasteiger partial charge in [0, 0.05) is 11.8 Å². The first kappa shape index (κ1) is 19.7. The van der Waals surface area contributed by atoms with Gasteiger partial charge in [0.15, 0.2) is 0 Å². The third kappa shape index (κ3) is 5.04. The molecule has 1 N–H and O–H groups in total. The van der Waals surface area contributed by atoms with Crippen molar-refractivity contribution < 1.29 is 19.0 Å². The van der Waals surface area contributed by atoms with Crippen LogP contribution in [0.4, 0.5) is 0 Å². The van der Waals surface area contributed by atoms with Crippen molar-refractivity contribution in [1.29, 1.82) is 0 Å². The molecule has 2 heterocycles. The second kappa shape index (κ2) is 9.27. The van der Waals surface area contributed by atoms with Crippen LogP contribution in [0.15, 0.2) is 53.8 Å². The van der Waals surface area contributed by atoms with Gasteiger partial charge in [-0.05, 0) is 30.7 Å². The number of rotatable bonds is 7. The maximum atomic E-state index is 12.1. The number of hydrogen-bond donors (Lipinski definition) is 1. The molecule has 0 bridgehead atoms. The Morgan fingerprint density at radius 3 is 2.48 bits per heavy atom. The highest BCUT2D eigenvalue weighted by Crippen LogP contribution is 2.27. The molecule has 0 saturated carbocycles. The molecule has 1 aromatic carbocycles. The van der Waals surface area contributed by atoms with E-state index >= 15 is 0 Å². The van der Waals surface area contributed by atoms with Crippen molar-refractivity contribution in [2.75, 3.05) is 14.2 Å². The normalized spacial score (nSPS) is 10.6. The van der Waals surface area contributed by atoms with Gasteiger partial charge in [-0.15, -0.1) is 0 Å². The van der Waals surface area contributed by atoms with Gasteiger partial charge in [-0.2, -0.15) is 15.1 Å². The summed E-state index contributed by atoms with van der Waals surface area (Å²) in [5, 5.41) is 4.01. The molecule has 0 aliphatic heterocycles. The van der Waals surface area contributed by atoms with Crippen LogP contribution in [0, 0.1) is 6.92 Å². The summed E-state index contributed by atoms with van der Waals surface area (Å²) in [6.45, 7) is 1.89. The highest BCUT2D eigenvalue weighted by atomic mass is 16.5. The highest BCUT2D eigenvalue weighted by molar-refractivity contribution is 5.93. The first-order chi connectivity index (χ1) is 14.1. The van der Waals surface area contributed by atoms with Gasteiger partial charge in [-0.1, -0.05) is 18.2 Å². The summed E-state index contributed by atoms with van der Waals surface area (Å²) in [6.07, 6.45) is 3.03. The van der Waals surface area contributed by atoms with Gasteiger partial charge in [-0.3, -0.25) is 9.78 Å². The number of hydrogen-bond acceptors (Lipinski definition) is 8. The number of aromatic nitrogens is 3. The van der Waals surface area contributed by atoms with E-state index in [1.165, 1.54) is 26.6 Å². The monoisotopic (exact) mass is 393 g/mol. The molecule has 0 aliphatic rings. The van der Waals surface area contributed by atoms with E-state index in [0.717, 1.165) is 5.56 Å². The molecular formula is C20H19N5O4. The van der Waals surface area contributed by atoms with Crippen LogP contribution in [0.2, 0.25) is 0 Å². The van der Waals surface area contributed by atoms with Crippen LogP contribution in [-0.4, -0.2) is 41.3 Å². The standard InChI is InChI=1S/C20H19N5O4/c1-13-7-6-9-16(29-20-23-17(27-2)11-18(24-20)28-3)14(13)12-22-25-19(26)15-8-4-5-10-21-15/h4-12H,1-3H3,(H,25,26)/b22-12+. The molecule has 2 aromatic heterocycles. The van der Waals surface area contributed by atoms with E-state index in [1.54, 1.807) is 30.3 Å². The van der Waals surface area contributed by atoms with Crippen molar-refractivity contribution in [3.63, 3.8) is 0 Å². The van der Waals surface area contributed by atoms with Gasteiger partial charge in [0.05, 0.1) is 26.5 Å². The number of carbonyl (C=O) groups excluding carboxylic acids is 1. The molecule has 9 heteroatoms. The van der Waals surface area contributed by atoms with Gasteiger partial charge in [-0.25, -0.2) is 5.43 Å². The van der Waals surface area contributed by atoms with Crippen LogP contribution in [0.3, 0.4) is 0 Å². The summed E-state index contributed by atoms with van der Waals surface area (Å²) in [7, 11) is 2.97. The molecular weight excluding hydrogens is 374 g/mol. The molecule has 3 aromatic rings. The van der Waals surface area contributed by atoms with E-state index in [-0.39, 0.29) is 11.7 Å². The molecule has 29 heavy (non-hydrogen) atoms. The number of hydrazone groups is 1. The fourth-order valence-electron chi connectivity index (χ4n) is 2.35. The van der Waals surface area contributed by atoms with Crippen molar-refractivity contribution in [2.24, 2.45) is 5.10 Å². The minimum atomic E-state index is -0.418. The fourth-order valence-corrected chi connectivity index (χ4v) is 2.35. The average Bonchev–Trinajstić information content (AvgIpc) is 2.75. The number of methoxy groups -OCH3 is 2. The molecule has 0 fully saturated rings. The lowest BCUT2D eigenvalue weighted by molar-refractivity contribution is 0.0950. The Bertz CT molecular complexity index is 1000. The maximum absolute atomic E-state index is 12.1. The molecule has 0 atom stereocenters. The molecule has 148 valence electrons. The molecule has 0 saturated heterocycles. The zero-order valence-electron chi connectivity index (χ0n) is 16.1. The first-order valence-electron chi connectivity index (χ1n) is 8.59. The van der Waals surface area contributed by atoms with Crippen LogP contribution in [0.1, 0.15) is 21.6 Å². The van der Waals surface area contributed by atoms with Crippen molar-refractivity contribution in [1.82, 2.24) is 20.4 Å². The minimum absolute atomic E-state index is 0.0546. The van der Waals surface area contributed by atoms with Crippen molar-refractivity contribution >= 4 is 12.1 Å². The van der Waals surface area contributed by atoms with E-state index in [9.17, 15) is 4.79 Å². The number of pyridine rings is 1. The third-order valence-electron chi connectivity index (χ3n) is 3.82. The van der Waals surface area contributed by atoms with Crippen LogP contribution in [0.25, 0.3) is 0 Å². The molecule has 0 aliphatic carbocycles. The predicted molar refractivity (Wildman–Crippen MR) is 106 cm³/mol. The molecule has 1 amide bonds. The van der Waals surface area contributed by atoms with Gasteiger partial charge < -0.3 is 14.2 Å². The SMILES string of the molecule is COc1cc(OC)nc(Oc2cccc(C)c2/C=N/NC(=O)c2ccccn2)n1. The van der Waals surface area contributed by atoms with E-state index < -0.39 is 5.91 Å². The Hall–Kier alpha value is -4.01. The summed E-state index contributed by atoms with van der Waals surface area (Å²) in [5.74, 6) is 0.643. The maximum Gasteiger partial charge on any atom is 0.328 e. The number of amides is 1. The topological polar surface area (TPSA) is 108 Å². The molecule has 0 unspecified atom stereocenters. The van der Waals surface area contributed by atoms with E-state index in [0.29, 0.717) is 23.1 Å². The number of benzene rings is 1. The zero-order chi connectivity index (χ0) is 20.6. The number of carbonyl (C=O) groups is 1. The lowest BCUT2D eigenvalue weighted by Crippen LogP contribution is -2.18. The summed E-state index contributed by atoms with van der Waals surface area (Å²) in [5.41, 5.74) is 4.24. The zero-order valence-corrected chi connectivity index (χ0v) is 16.1. The Morgan fingerprint density at radius 2 is 1.83 bits per heavy atom. The lowest BCUT2D eigenvalue weighted by atomic mass is 10.1. The minimum Gasteiger partial charge on any atom is -0.481 e. The van der Waals surface area contributed by atoms with Crippen LogP contribution < -0.4 is 19.6 Å². The number of nitrogens with one attached hydrogen (secondary N) is 1. The average molecular weight is 393 g/mol. The van der Waals surface area contributed by atoms with Gasteiger partial charge in [0.1, 0.15) is 11.4 Å². The number of nitrogens with zero attached hydrogens (tertiary/aromatic N) is 4.